The van der Waals surface area contributed by atoms with Gasteiger partial charge in [-0.3, -0.25) is 0 Å². The van der Waals surface area contributed by atoms with Gasteiger partial charge in [0.05, 0.1) is 0 Å². The molecule has 0 aliphatic carbocycles. The van der Waals surface area contributed by atoms with Gasteiger partial charge in [-0.15, -0.1) is 0 Å². The molecular formula is C5H9F2I. The Bertz CT molecular complexity index is 65.4. The SMILES string of the molecule is CC(C)(C)C(F)(F)I. The zero-order valence-electron chi connectivity index (χ0n) is 5.13. The molecule has 0 N–H and O–H groups in total. The Morgan fingerprint density at radius 2 is 1.25 bits per heavy atom. The van der Waals surface area contributed by atoms with E-state index in [1.54, 1.807) is 0 Å². The molecule has 0 nitrogen and oxygen atoms in total. The van der Waals surface area contributed by atoms with E-state index in [9.17, 15) is 8.78 Å². The Balaban J connectivity index is 4.02. The zero-order valence-corrected chi connectivity index (χ0v) is 7.29. The van der Waals surface area contributed by atoms with E-state index in [-0.39, 0.29) is 0 Å². The summed E-state index contributed by atoms with van der Waals surface area (Å²) in [5.41, 5.74) is -0.909. The molecule has 50 valence electrons. The van der Waals surface area contributed by atoms with Crippen molar-refractivity contribution in [2.75, 3.05) is 0 Å². The smallest absolute Gasteiger partial charge is 0.194 e. The Kier molecular flexibility index (Phi) is 2.23. The molecule has 0 heterocycles. The van der Waals surface area contributed by atoms with Gasteiger partial charge in [-0.25, -0.2) is 0 Å². The molecule has 0 aliphatic rings. The van der Waals surface area contributed by atoms with Crippen molar-refractivity contribution in [1.82, 2.24) is 0 Å². The van der Waals surface area contributed by atoms with Crippen molar-refractivity contribution in [1.29, 1.82) is 0 Å². The molecule has 0 aromatic rings. The van der Waals surface area contributed by atoms with Gasteiger partial charge in [0.15, 0.2) is 0 Å². The second-order valence-electron chi connectivity index (χ2n) is 2.75. The molecule has 0 aromatic carbocycles. The summed E-state index contributed by atoms with van der Waals surface area (Å²) >= 11 is 1.15. The summed E-state index contributed by atoms with van der Waals surface area (Å²) in [6.07, 6.45) is 0. The molecule has 0 aliphatic heterocycles. The molecule has 0 radical (unpaired) electrons. The van der Waals surface area contributed by atoms with Crippen LogP contribution in [0.1, 0.15) is 20.8 Å². The van der Waals surface area contributed by atoms with Gasteiger partial charge in [-0.05, 0) is 22.6 Å². The largest absolute Gasteiger partial charge is 0.301 e. The number of alkyl halides is 3. The van der Waals surface area contributed by atoms with E-state index in [1.165, 1.54) is 20.8 Å². The topological polar surface area (TPSA) is 0 Å². The highest BCUT2D eigenvalue weighted by Crippen LogP contribution is 2.40. The molecule has 0 rings (SSSR count). The Labute approximate surface area is 61.8 Å². The van der Waals surface area contributed by atoms with E-state index >= 15 is 0 Å². The maximum absolute atomic E-state index is 12.2. The van der Waals surface area contributed by atoms with Crippen molar-refractivity contribution in [2.24, 2.45) is 5.41 Å². The fourth-order valence-electron chi connectivity index (χ4n) is 0. The van der Waals surface area contributed by atoms with Crippen LogP contribution >= 0.6 is 22.6 Å². The van der Waals surface area contributed by atoms with E-state index < -0.39 is 9.34 Å². The van der Waals surface area contributed by atoms with Crippen LogP contribution in [-0.2, 0) is 0 Å². The van der Waals surface area contributed by atoms with Crippen molar-refractivity contribution in [3.8, 4) is 0 Å². The third-order valence-corrected chi connectivity index (χ3v) is 2.47. The number of hydrogen-bond acceptors (Lipinski definition) is 0. The summed E-state index contributed by atoms with van der Waals surface area (Å²) in [7, 11) is 0. The summed E-state index contributed by atoms with van der Waals surface area (Å²) in [4.78, 5) is 0. The molecule has 0 unspecified atom stereocenters. The van der Waals surface area contributed by atoms with Gasteiger partial charge >= 0.3 is 3.93 Å². The van der Waals surface area contributed by atoms with Crippen LogP contribution in [-0.4, -0.2) is 3.93 Å². The first-order valence-corrected chi connectivity index (χ1v) is 3.40. The van der Waals surface area contributed by atoms with E-state index in [0.29, 0.717) is 0 Å². The lowest BCUT2D eigenvalue weighted by Gasteiger charge is -2.24. The van der Waals surface area contributed by atoms with Gasteiger partial charge in [0.25, 0.3) is 0 Å². The van der Waals surface area contributed by atoms with Crippen molar-refractivity contribution < 1.29 is 8.78 Å². The van der Waals surface area contributed by atoms with Crippen molar-refractivity contribution in [3.63, 3.8) is 0 Å². The Hall–Kier alpha value is 0.590. The molecule has 8 heavy (non-hydrogen) atoms. The van der Waals surface area contributed by atoms with E-state index in [1.807, 2.05) is 0 Å². The molecule has 0 spiro atoms. The van der Waals surface area contributed by atoms with Crippen LogP contribution in [0.15, 0.2) is 0 Å². The first-order chi connectivity index (χ1) is 3.25. The average molecular weight is 234 g/mol. The van der Waals surface area contributed by atoms with Crippen molar-refractivity contribution in [3.05, 3.63) is 0 Å². The molecule has 0 bridgehead atoms. The van der Waals surface area contributed by atoms with E-state index in [4.69, 9.17) is 0 Å². The second kappa shape index (κ2) is 2.08. The number of halogens is 3. The van der Waals surface area contributed by atoms with Gasteiger partial charge < -0.3 is 0 Å². The standard InChI is InChI=1S/C5H9F2I/c1-4(2,3)5(6,7)8/h1-3H3. The number of rotatable bonds is 0. The minimum Gasteiger partial charge on any atom is -0.194 e. The van der Waals surface area contributed by atoms with Gasteiger partial charge in [-0.1, -0.05) is 20.8 Å². The molecule has 0 amide bonds. The fraction of sp³-hybridized carbons (Fsp3) is 1.00. The molecule has 3 heteroatoms. The van der Waals surface area contributed by atoms with Gasteiger partial charge in [-0.2, -0.15) is 8.78 Å². The summed E-state index contributed by atoms with van der Waals surface area (Å²) < 4.78 is 21.8. The van der Waals surface area contributed by atoms with Crippen LogP contribution in [0, 0.1) is 5.41 Å². The summed E-state index contributed by atoms with van der Waals surface area (Å²) in [6, 6.07) is 0. The molecule has 0 saturated heterocycles. The third-order valence-electron chi connectivity index (χ3n) is 0.850. The van der Waals surface area contributed by atoms with Crippen LogP contribution in [0.4, 0.5) is 8.78 Å². The third kappa shape index (κ3) is 2.24. The van der Waals surface area contributed by atoms with Gasteiger partial charge in [0, 0.05) is 5.41 Å². The van der Waals surface area contributed by atoms with E-state index in [2.05, 4.69) is 0 Å². The molecule has 0 aromatic heterocycles. The van der Waals surface area contributed by atoms with Crippen LogP contribution in [0.2, 0.25) is 0 Å². The van der Waals surface area contributed by atoms with Gasteiger partial charge in [0.2, 0.25) is 0 Å². The highest BCUT2D eigenvalue weighted by Gasteiger charge is 2.39. The zero-order chi connectivity index (χ0) is 7.00. The first kappa shape index (κ1) is 8.59. The quantitative estimate of drug-likeness (QED) is 0.446. The lowest BCUT2D eigenvalue weighted by molar-refractivity contribution is 0.0133. The highest BCUT2D eigenvalue weighted by molar-refractivity contribution is 14.1. The minimum atomic E-state index is -2.59. The lowest BCUT2D eigenvalue weighted by atomic mass is 9.98. The molecular weight excluding hydrogens is 225 g/mol. The van der Waals surface area contributed by atoms with E-state index in [0.717, 1.165) is 22.6 Å². The van der Waals surface area contributed by atoms with Crippen molar-refractivity contribution >= 4 is 22.6 Å². The monoisotopic (exact) mass is 234 g/mol. The summed E-state index contributed by atoms with van der Waals surface area (Å²) in [5.74, 6) is 0. The maximum Gasteiger partial charge on any atom is 0.301 e. The molecule has 0 fully saturated rings. The predicted molar refractivity (Wildman–Crippen MR) is 38.4 cm³/mol. The minimum absolute atomic E-state index is 0.909. The second-order valence-corrected chi connectivity index (χ2v) is 4.10. The van der Waals surface area contributed by atoms with Gasteiger partial charge in [0.1, 0.15) is 0 Å². The normalized spacial score (nSPS) is 14.2. The van der Waals surface area contributed by atoms with Crippen molar-refractivity contribution in [2.45, 2.75) is 24.7 Å². The summed E-state index contributed by atoms with van der Waals surface area (Å²) in [5, 5.41) is 0. The molecule has 0 saturated carbocycles. The highest BCUT2D eigenvalue weighted by atomic mass is 127. The first-order valence-electron chi connectivity index (χ1n) is 2.32. The van der Waals surface area contributed by atoms with Crippen LogP contribution in [0.5, 0.6) is 0 Å². The number of hydrogen-bond donors (Lipinski definition) is 0. The fourth-order valence-corrected chi connectivity index (χ4v) is 0. The van der Waals surface area contributed by atoms with Crippen LogP contribution in [0.3, 0.4) is 0 Å². The predicted octanol–water partition coefficient (Wildman–Crippen LogP) is 3.06. The lowest BCUT2D eigenvalue weighted by Crippen LogP contribution is -2.26. The molecule has 0 atom stereocenters. The van der Waals surface area contributed by atoms with Crippen LogP contribution < -0.4 is 0 Å². The Morgan fingerprint density at radius 1 is 1.12 bits per heavy atom. The van der Waals surface area contributed by atoms with Crippen LogP contribution in [0.25, 0.3) is 0 Å². The Morgan fingerprint density at radius 3 is 1.25 bits per heavy atom. The summed E-state index contributed by atoms with van der Waals surface area (Å²) in [6.45, 7) is 4.54. The average Bonchev–Trinajstić information content (AvgIpc) is 1.25. The maximum atomic E-state index is 12.2.